The minimum Gasteiger partial charge on any atom is -0.470 e. The Morgan fingerprint density at radius 2 is 1.80 bits per heavy atom. The molecular weight excluding hydrogens is 316 g/mol. The van der Waals surface area contributed by atoms with E-state index in [-0.39, 0.29) is 16.8 Å². The van der Waals surface area contributed by atoms with Crippen molar-refractivity contribution in [2.45, 2.75) is 25.5 Å². The Hall–Kier alpha value is -2.66. The van der Waals surface area contributed by atoms with Gasteiger partial charge in [0.05, 0.1) is 4.92 Å². The molecule has 0 amide bonds. The van der Waals surface area contributed by atoms with Gasteiger partial charge in [-0.25, -0.2) is 0 Å². The first-order valence-corrected chi connectivity index (χ1v) is 8.68. The molecule has 0 radical (unpaired) electrons. The number of nitrogens with zero attached hydrogens (tertiary/aromatic N) is 2. The molecule has 1 fully saturated rings. The number of hydrogen-bond acceptors (Lipinski definition) is 4. The lowest BCUT2D eigenvalue weighted by molar-refractivity contribution is -0.384. The summed E-state index contributed by atoms with van der Waals surface area (Å²) in [7, 11) is 0. The second kappa shape index (κ2) is 6.69. The zero-order chi connectivity index (χ0) is 17.2. The summed E-state index contributed by atoms with van der Waals surface area (Å²) in [5, 5.41) is 11.1. The van der Waals surface area contributed by atoms with Crippen LogP contribution in [0.3, 0.4) is 0 Å². The molecule has 1 atom stereocenters. The maximum Gasteiger partial charge on any atom is 0.270 e. The van der Waals surface area contributed by atoms with Crippen molar-refractivity contribution in [3.8, 4) is 5.75 Å². The molecule has 2 aliphatic heterocycles. The molecule has 2 heterocycles. The van der Waals surface area contributed by atoms with Gasteiger partial charge < -0.3 is 4.74 Å². The second-order valence-corrected chi connectivity index (χ2v) is 6.51. The Morgan fingerprint density at radius 1 is 1.04 bits per heavy atom. The van der Waals surface area contributed by atoms with E-state index in [4.69, 9.17) is 4.74 Å². The van der Waals surface area contributed by atoms with Crippen LogP contribution in [0.1, 0.15) is 30.4 Å². The lowest BCUT2D eigenvalue weighted by atomic mass is 9.96. The van der Waals surface area contributed by atoms with Crippen molar-refractivity contribution in [1.82, 2.24) is 4.90 Å². The summed E-state index contributed by atoms with van der Waals surface area (Å²) in [6, 6.07) is 14.9. The van der Waals surface area contributed by atoms with Crippen molar-refractivity contribution in [2.75, 3.05) is 13.1 Å². The van der Waals surface area contributed by atoms with Crippen molar-refractivity contribution in [3.05, 3.63) is 69.8 Å². The summed E-state index contributed by atoms with van der Waals surface area (Å²) < 4.78 is 6.31. The molecule has 25 heavy (non-hydrogen) atoms. The van der Waals surface area contributed by atoms with E-state index in [1.54, 1.807) is 12.1 Å². The number of ether oxygens (including phenoxy) is 1. The normalized spacial score (nSPS) is 20.3. The van der Waals surface area contributed by atoms with Gasteiger partial charge in [-0.15, -0.1) is 0 Å². The summed E-state index contributed by atoms with van der Waals surface area (Å²) in [5.74, 6) is 0.709. The number of rotatable bonds is 3. The highest BCUT2D eigenvalue weighted by Gasteiger charge is 2.31. The molecule has 1 saturated heterocycles. The summed E-state index contributed by atoms with van der Waals surface area (Å²) in [6.07, 6.45) is 5.51. The van der Waals surface area contributed by atoms with E-state index in [1.807, 2.05) is 24.3 Å². The Balaban J connectivity index is 1.78. The molecule has 0 N–H and O–H groups in total. The SMILES string of the molecule is O=[N+]([O-])c1ccc2c(c1)C=C(c1ccccc1)C(N1CCCCC1)O2. The molecule has 2 aromatic carbocycles. The van der Waals surface area contributed by atoms with Crippen LogP contribution in [0.5, 0.6) is 5.75 Å². The lowest BCUT2D eigenvalue weighted by Crippen LogP contribution is -2.44. The standard InChI is InChI=1S/C20H20N2O3/c23-22(24)17-9-10-19-16(13-17)14-18(15-7-3-1-4-8-15)20(25-19)21-11-5-2-6-12-21/h1,3-4,7-10,13-14,20H,2,5-6,11-12H2. The van der Waals surface area contributed by atoms with Crippen molar-refractivity contribution >= 4 is 17.3 Å². The number of nitro groups is 1. The lowest BCUT2D eigenvalue weighted by Gasteiger charge is -2.38. The van der Waals surface area contributed by atoms with Crippen LogP contribution in [0.4, 0.5) is 5.69 Å². The molecule has 0 bridgehead atoms. The molecule has 2 aliphatic rings. The van der Waals surface area contributed by atoms with Crippen molar-refractivity contribution in [2.24, 2.45) is 0 Å². The Bertz CT molecular complexity index is 811. The molecule has 1 unspecified atom stereocenters. The monoisotopic (exact) mass is 336 g/mol. The first-order chi connectivity index (χ1) is 12.2. The first kappa shape index (κ1) is 15.8. The van der Waals surface area contributed by atoms with Gasteiger partial charge in [-0.05, 0) is 30.5 Å². The van der Waals surface area contributed by atoms with Crippen LogP contribution >= 0.6 is 0 Å². The smallest absolute Gasteiger partial charge is 0.270 e. The van der Waals surface area contributed by atoms with Crippen molar-refractivity contribution < 1.29 is 9.66 Å². The topological polar surface area (TPSA) is 55.6 Å². The number of hydrogen-bond donors (Lipinski definition) is 0. The fourth-order valence-corrected chi connectivity index (χ4v) is 3.57. The quantitative estimate of drug-likeness (QED) is 0.618. The van der Waals surface area contributed by atoms with Crippen LogP contribution in [0, 0.1) is 10.1 Å². The molecular formula is C20H20N2O3. The van der Waals surface area contributed by atoms with Gasteiger partial charge in [-0.1, -0.05) is 36.8 Å². The molecule has 128 valence electrons. The van der Waals surface area contributed by atoms with E-state index in [0.29, 0.717) is 5.75 Å². The number of piperidine rings is 1. The van der Waals surface area contributed by atoms with Crippen LogP contribution in [-0.4, -0.2) is 29.1 Å². The van der Waals surface area contributed by atoms with Crippen LogP contribution in [-0.2, 0) is 0 Å². The Labute approximate surface area is 146 Å². The maximum atomic E-state index is 11.1. The predicted octanol–water partition coefficient (Wildman–Crippen LogP) is 4.34. The zero-order valence-corrected chi connectivity index (χ0v) is 13.9. The van der Waals surface area contributed by atoms with Crippen LogP contribution < -0.4 is 4.74 Å². The molecule has 4 rings (SSSR count). The maximum absolute atomic E-state index is 11.1. The molecule has 0 aliphatic carbocycles. The minimum absolute atomic E-state index is 0.0856. The predicted molar refractivity (Wildman–Crippen MR) is 97.2 cm³/mol. The summed E-state index contributed by atoms with van der Waals surface area (Å²) in [4.78, 5) is 13.1. The van der Waals surface area contributed by atoms with Gasteiger partial charge in [0.1, 0.15) is 5.75 Å². The van der Waals surface area contributed by atoms with E-state index in [2.05, 4.69) is 17.0 Å². The fourth-order valence-electron chi connectivity index (χ4n) is 3.57. The van der Waals surface area contributed by atoms with Gasteiger partial charge >= 0.3 is 0 Å². The van der Waals surface area contributed by atoms with Gasteiger partial charge in [0.2, 0.25) is 0 Å². The molecule has 0 aromatic heterocycles. The van der Waals surface area contributed by atoms with E-state index in [0.717, 1.165) is 29.8 Å². The Morgan fingerprint density at radius 3 is 2.52 bits per heavy atom. The largest absolute Gasteiger partial charge is 0.470 e. The third-order valence-corrected chi connectivity index (χ3v) is 4.85. The van der Waals surface area contributed by atoms with Crippen LogP contribution in [0.25, 0.3) is 11.6 Å². The Kier molecular flexibility index (Phi) is 4.24. The highest BCUT2D eigenvalue weighted by molar-refractivity contribution is 5.87. The summed E-state index contributed by atoms with van der Waals surface area (Å²) in [6.45, 7) is 2.02. The van der Waals surface area contributed by atoms with Crippen LogP contribution in [0.2, 0.25) is 0 Å². The van der Waals surface area contributed by atoms with Gasteiger partial charge in [0, 0.05) is 36.4 Å². The molecule has 5 nitrogen and oxygen atoms in total. The third kappa shape index (κ3) is 3.15. The number of benzene rings is 2. The third-order valence-electron chi connectivity index (χ3n) is 4.85. The fraction of sp³-hybridized carbons (Fsp3) is 0.300. The first-order valence-electron chi connectivity index (χ1n) is 8.68. The summed E-state index contributed by atoms with van der Waals surface area (Å²) >= 11 is 0. The van der Waals surface area contributed by atoms with Crippen molar-refractivity contribution in [1.29, 1.82) is 0 Å². The average molecular weight is 336 g/mol. The van der Waals surface area contributed by atoms with E-state index >= 15 is 0 Å². The van der Waals surface area contributed by atoms with Gasteiger partial charge in [-0.2, -0.15) is 0 Å². The van der Waals surface area contributed by atoms with E-state index in [1.165, 1.54) is 25.3 Å². The van der Waals surface area contributed by atoms with Gasteiger partial charge in [-0.3, -0.25) is 15.0 Å². The molecule has 0 spiro atoms. The second-order valence-electron chi connectivity index (χ2n) is 6.51. The highest BCUT2D eigenvalue weighted by Crippen LogP contribution is 2.38. The minimum atomic E-state index is -0.368. The molecule has 0 saturated carbocycles. The number of non-ortho nitro benzene ring substituents is 1. The van der Waals surface area contributed by atoms with Gasteiger partial charge in [0.15, 0.2) is 6.23 Å². The number of likely N-dealkylation sites (tertiary alicyclic amines) is 1. The van der Waals surface area contributed by atoms with E-state index in [9.17, 15) is 10.1 Å². The molecule has 5 heteroatoms. The zero-order valence-electron chi connectivity index (χ0n) is 13.9. The van der Waals surface area contributed by atoms with E-state index < -0.39 is 0 Å². The summed E-state index contributed by atoms with van der Waals surface area (Å²) in [5.41, 5.74) is 3.01. The number of nitro benzene ring substituents is 1. The molecule has 2 aromatic rings. The highest BCUT2D eigenvalue weighted by atomic mass is 16.6. The average Bonchev–Trinajstić information content (AvgIpc) is 2.68. The van der Waals surface area contributed by atoms with Crippen molar-refractivity contribution in [3.63, 3.8) is 0 Å². The van der Waals surface area contributed by atoms with Crippen LogP contribution in [0.15, 0.2) is 48.5 Å². The van der Waals surface area contributed by atoms with Gasteiger partial charge in [0.25, 0.3) is 5.69 Å². The number of fused-ring (bicyclic) bond motifs is 1.